The molecule has 8 nitrogen and oxygen atoms in total. The fourth-order valence-corrected chi connectivity index (χ4v) is 9.28. The van der Waals surface area contributed by atoms with Gasteiger partial charge in [-0.25, -0.2) is 4.90 Å². The average molecular weight is 707 g/mol. The van der Waals surface area contributed by atoms with Crippen molar-refractivity contribution in [1.29, 1.82) is 0 Å². The number of fused-ring (bicyclic) bond motifs is 4. The number of amides is 4. The predicted octanol–water partition coefficient (Wildman–Crippen LogP) is 7.51. The number of anilines is 2. The third kappa shape index (κ3) is 4.65. The van der Waals surface area contributed by atoms with Crippen molar-refractivity contribution in [2.75, 3.05) is 10.3 Å². The molecule has 10 heteroatoms. The zero-order chi connectivity index (χ0) is 35.1. The van der Waals surface area contributed by atoms with Gasteiger partial charge < -0.3 is 5.11 Å². The van der Waals surface area contributed by atoms with E-state index >= 15 is 4.79 Å². The molecular weight excluding hydrogens is 673 g/mol. The summed E-state index contributed by atoms with van der Waals surface area (Å²) in [7, 11) is 0. The number of aromatic hydroxyl groups is 1. The molecule has 0 bridgehead atoms. The summed E-state index contributed by atoms with van der Waals surface area (Å²) in [6.45, 7) is 3.80. The molecule has 252 valence electrons. The Bertz CT molecular complexity index is 2130. The second kappa shape index (κ2) is 11.9. The predicted molar refractivity (Wildman–Crippen MR) is 191 cm³/mol. The number of nitrogens with zero attached hydrogens (tertiary/aromatic N) is 2. The molecule has 0 spiro atoms. The lowest BCUT2D eigenvalue weighted by Crippen LogP contribution is -2.53. The van der Waals surface area contributed by atoms with Gasteiger partial charge in [0.25, 0.3) is 11.8 Å². The highest BCUT2D eigenvalue weighted by Gasteiger charge is 2.70. The van der Waals surface area contributed by atoms with Crippen molar-refractivity contribution in [2.24, 2.45) is 23.7 Å². The van der Waals surface area contributed by atoms with Crippen LogP contribution in [0.5, 0.6) is 5.75 Å². The summed E-state index contributed by atoms with van der Waals surface area (Å²) in [4.78, 5) is 59.7. The van der Waals surface area contributed by atoms with Crippen molar-refractivity contribution in [3.63, 3.8) is 0 Å². The monoisotopic (exact) mass is 705 g/mol. The van der Waals surface area contributed by atoms with E-state index in [1.165, 1.54) is 17.0 Å². The molecule has 0 aromatic heterocycles. The lowest BCUT2D eigenvalue weighted by atomic mass is 9.49. The van der Waals surface area contributed by atoms with Crippen molar-refractivity contribution in [3.05, 3.63) is 135 Å². The standard InChI is InChI=1S/C40H33Cl2N3O5/c1-21-8-11-24(12-9-21)43-45-37(48)31-20-30-27(16-17-29-34(30)38(49)44(36(29)47)25-13-10-22(2)32(41)18-25)35(28-15-14-26(46)19-33(28)42)40(31,39(45)50)23-6-4-3-5-7-23/h3-16,18-19,29-31,34-35,43,46H,17,20H2,1-2H3/t29-,30+,31-,34-,35+,40+/m0/s1. The Morgan fingerprint density at radius 3 is 2.24 bits per heavy atom. The number of allylic oxidation sites excluding steroid dienone is 2. The van der Waals surface area contributed by atoms with Gasteiger partial charge in [0.1, 0.15) is 5.75 Å². The Morgan fingerprint density at radius 1 is 0.800 bits per heavy atom. The summed E-state index contributed by atoms with van der Waals surface area (Å²) in [5.41, 5.74) is 6.42. The molecule has 6 atom stereocenters. The zero-order valence-electron chi connectivity index (χ0n) is 27.3. The summed E-state index contributed by atoms with van der Waals surface area (Å²) < 4.78 is 0. The molecule has 4 aliphatic rings. The minimum atomic E-state index is -1.46. The van der Waals surface area contributed by atoms with Gasteiger partial charge in [-0.15, -0.1) is 0 Å². The number of imide groups is 2. The minimum Gasteiger partial charge on any atom is -0.508 e. The first-order valence-corrected chi connectivity index (χ1v) is 17.4. The van der Waals surface area contributed by atoms with Crippen LogP contribution in [0.1, 0.15) is 41.0 Å². The van der Waals surface area contributed by atoms with Crippen LogP contribution in [0.15, 0.2) is 103 Å². The zero-order valence-corrected chi connectivity index (χ0v) is 28.8. The number of aryl methyl sites for hydroxylation is 2. The highest BCUT2D eigenvalue weighted by Crippen LogP contribution is 2.64. The van der Waals surface area contributed by atoms with Crippen LogP contribution in [0.3, 0.4) is 0 Å². The number of carbonyl (C=O) groups excluding carboxylic acids is 4. The fraction of sp³-hybridized carbons (Fsp3) is 0.250. The molecule has 0 radical (unpaired) electrons. The number of hydrogen-bond acceptors (Lipinski definition) is 6. The Hall–Kier alpha value is -4.92. The van der Waals surface area contributed by atoms with E-state index in [1.807, 2.05) is 74.5 Å². The number of carbonyl (C=O) groups is 4. The van der Waals surface area contributed by atoms with Gasteiger partial charge in [-0.05, 0) is 85.7 Å². The van der Waals surface area contributed by atoms with Crippen LogP contribution in [0, 0.1) is 37.5 Å². The third-order valence-corrected chi connectivity index (χ3v) is 11.8. The first-order chi connectivity index (χ1) is 24.0. The Morgan fingerprint density at radius 2 is 1.54 bits per heavy atom. The molecule has 0 unspecified atom stereocenters. The molecule has 4 aromatic rings. The van der Waals surface area contributed by atoms with Crippen LogP contribution < -0.4 is 10.3 Å². The SMILES string of the molecule is Cc1ccc(NN2C(=O)[C@@H]3C[C@@H]4C(=CC[C@@H]5C(=O)N(c6ccc(C)c(Cl)c6)C(=O)[C@@H]54)[C@H](c4ccc(O)cc4Cl)[C@]3(c3ccccc3)C2=O)cc1. The Labute approximate surface area is 299 Å². The van der Waals surface area contributed by atoms with Crippen LogP contribution in [0.25, 0.3) is 0 Å². The van der Waals surface area contributed by atoms with E-state index in [1.54, 1.807) is 24.3 Å². The summed E-state index contributed by atoms with van der Waals surface area (Å²) in [5.74, 6) is -5.28. The van der Waals surface area contributed by atoms with E-state index < -0.39 is 46.8 Å². The van der Waals surface area contributed by atoms with E-state index in [-0.39, 0.29) is 35.4 Å². The maximum absolute atomic E-state index is 15.2. The smallest absolute Gasteiger partial charge is 0.260 e. The molecular formula is C40H33Cl2N3O5. The molecule has 4 aromatic carbocycles. The molecule has 2 aliphatic heterocycles. The molecule has 2 saturated heterocycles. The molecule has 3 fully saturated rings. The summed E-state index contributed by atoms with van der Waals surface area (Å²) in [5, 5.41) is 12.2. The van der Waals surface area contributed by atoms with E-state index in [0.717, 1.165) is 21.7 Å². The molecule has 2 heterocycles. The van der Waals surface area contributed by atoms with Gasteiger partial charge in [0.15, 0.2) is 0 Å². The number of benzene rings is 4. The van der Waals surface area contributed by atoms with Gasteiger partial charge in [0.05, 0.1) is 34.5 Å². The molecule has 2 aliphatic carbocycles. The van der Waals surface area contributed by atoms with Crippen molar-refractivity contribution < 1.29 is 24.3 Å². The van der Waals surface area contributed by atoms with Crippen LogP contribution in [0.2, 0.25) is 10.0 Å². The van der Waals surface area contributed by atoms with Gasteiger partial charge in [0.2, 0.25) is 11.8 Å². The van der Waals surface area contributed by atoms with Crippen LogP contribution in [0.4, 0.5) is 11.4 Å². The second-order valence-electron chi connectivity index (χ2n) is 13.7. The van der Waals surface area contributed by atoms with Gasteiger partial charge in [-0.2, -0.15) is 5.01 Å². The van der Waals surface area contributed by atoms with Crippen molar-refractivity contribution in [3.8, 4) is 5.75 Å². The highest BCUT2D eigenvalue weighted by molar-refractivity contribution is 6.32. The van der Waals surface area contributed by atoms with E-state index in [9.17, 15) is 19.5 Å². The Balaban J connectivity index is 1.32. The minimum absolute atomic E-state index is 0.0467. The molecule has 2 N–H and O–H groups in total. The number of hydrazine groups is 1. The van der Waals surface area contributed by atoms with Gasteiger partial charge >= 0.3 is 0 Å². The van der Waals surface area contributed by atoms with Crippen LogP contribution in [-0.4, -0.2) is 33.7 Å². The number of rotatable bonds is 5. The number of phenols is 1. The lowest BCUT2D eigenvalue weighted by Gasteiger charge is -2.50. The Kier molecular flexibility index (Phi) is 7.66. The van der Waals surface area contributed by atoms with Gasteiger partial charge in [-0.3, -0.25) is 24.6 Å². The van der Waals surface area contributed by atoms with Crippen LogP contribution >= 0.6 is 23.2 Å². The van der Waals surface area contributed by atoms with Gasteiger partial charge in [-0.1, -0.05) is 95.0 Å². The summed E-state index contributed by atoms with van der Waals surface area (Å²) in [6.07, 6.45) is 2.41. The van der Waals surface area contributed by atoms with E-state index in [0.29, 0.717) is 27.5 Å². The number of nitrogens with one attached hydrogen (secondary N) is 1. The first kappa shape index (κ1) is 32.3. The first-order valence-electron chi connectivity index (χ1n) is 16.6. The van der Waals surface area contributed by atoms with Crippen LogP contribution in [-0.2, 0) is 24.6 Å². The largest absolute Gasteiger partial charge is 0.508 e. The van der Waals surface area contributed by atoms with Crippen molar-refractivity contribution in [2.45, 2.75) is 38.0 Å². The average Bonchev–Trinajstić information content (AvgIpc) is 3.48. The number of phenolic OH excluding ortho intramolecular Hbond substituents is 1. The normalized spacial score (nSPS) is 27.2. The number of hydrogen-bond donors (Lipinski definition) is 2. The van der Waals surface area contributed by atoms with Crippen molar-refractivity contribution in [1.82, 2.24) is 5.01 Å². The molecule has 1 saturated carbocycles. The molecule has 8 rings (SSSR count). The molecule has 4 amide bonds. The van der Waals surface area contributed by atoms with E-state index in [4.69, 9.17) is 23.2 Å². The van der Waals surface area contributed by atoms with E-state index in [2.05, 4.69) is 5.43 Å². The molecule has 50 heavy (non-hydrogen) atoms. The quantitative estimate of drug-likeness (QED) is 0.165. The second-order valence-corrected chi connectivity index (χ2v) is 14.6. The number of halogens is 2. The fourth-order valence-electron chi connectivity index (χ4n) is 8.82. The lowest BCUT2D eigenvalue weighted by molar-refractivity contribution is -0.138. The summed E-state index contributed by atoms with van der Waals surface area (Å²) >= 11 is 13.4. The third-order valence-electron chi connectivity index (χ3n) is 11.1. The maximum Gasteiger partial charge on any atom is 0.260 e. The van der Waals surface area contributed by atoms with Crippen molar-refractivity contribution >= 4 is 58.2 Å². The highest BCUT2D eigenvalue weighted by atomic mass is 35.5. The maximum atomic E-state index is 15.2. The van der Waals surface area contributed by atoms with Gasteiger partial charge in [0, 0.05) is 16.0 Å². The summed E-state index contributed by atoms with van der Waals surface area (Å²) in [6, 6.07) is 26.4. The topological polar surface area (TPSA) is 107 Å².